The first-order valence-electron chi connectivity index (χ1n) is 31.3. The summed E-state index contributed by atoms with van der Waals surface area (Å²) in [4.78, 5) is 81.2. The van der Waals surface area contributed by atoms with Crippen molar-refractivity contribution in [3.05, 3.63) is 108 Å². The van der Waals surface area contributed by atoms with Crippen LogP contribution in [0.3, 0.4) is 0 Å². The number of rotatable bonds is 20. The van der Waals surface area contributed by atoms with Crippen LogP contribution in [0.5, 0.6) is 0 Å². The summed E-state index contributed by atoms with van der Waals surface area (Å²) < 4.78 is 61.0. The lowest BCUT2D eigenvalue weighted by Crippen LogP contribution is -2.75. The topological polar surface area (TPSA) is 368 Å². The van der Waals surface area contributed by atoms with Crippen molar-refractivity contribution >= 4 is 36.4 Å². The third kappa shape index (κ3) is 22.4. The van der Waals surface area contributed by atoms with E-state index in [1.165, 1.54) is 0 Å². The molecular weight excluding hydrogens is 1210 g/mol. The van der Waals surface area contributed by atoms with Gasteiger partial charge < -0.3 is 105 Å². The Bertz CT molecular complexity index is 2820. The highest BCUT2D eigenvalue weighted by atomic mass is 16.7. The summed E-state index contributed by atoms with van der Waals surface area (Å²) in [6, 6.07) is 21.0. The molecule has 6 rings (SSSR count). The highest BCUT2D eigenvalue weighted by Crippen LogP contribution is 2.42. The fraction of sp³-hybridized carbons (Fsp3) is 0.636. The summed E-state index contributed by atoms with van der Waals surface area (Å²) in [6.45, 7) is 23.4. The maximum atomic E-state index is 14.4. The molecule has 0 bridgehead atoms. The molecule has 1 aliphatic carbocycles. The minimum atomic E-state index is -2.22. The molecule has 3 aromatic rings. The Morgan fingerprint density at radius 3 is 1.34 bits per heavy atom. The minimum absolute atomic E-state index is 0.0828. The van der Waals surface area contributed by atoms with Crippen molar-refractivity contribution in [2.45, 2.75) is 248 Å². The van der Waals surface area contributed by atoms with E-state index in [0.717, 1.165) is 0 Å². The van der Waals surface area contributed by atoms with Crippen molar-refractivity contribution in [2.75, 3.05) is 19.7 Å². The summed E-state index contributed by atoms with van der Waals surface area (Å²) in [5.74, 6) is -1.20. The van der Waals surface area contributed by atoms with E-state index in [4.69, 9.17) is 47.4 Å². The summed E-state index contributed by atoms with van der Waals surface area (Å²) in [6.07, 6.45) is -25.3. The van der Waals surface area contributed by atoms with Crippen LogP contribution >= 0.6 is 0 Å². The molecule has 27 nitrogen and oxygen atoms in total. The van der Waals surface area contributed by atoms with Crippen molar-refractivity contribution in [1.82, 2.24) is 31.9 Å². The van der Waals surface area contributed by atoms with Gasteiger partial charge in [-0.15, -0.1) is 0 Å². The average molecular weight is 1310 g/mol. The second kappa shape index (κ2) is 31.5. The lowest BCUT2D eigenvalue weighted by molar-refractivity contribution is -0.324. The summed E-state index contributed by atoms with van der Waals surface area (Å²) in [5, 5.41) is 77.9. The van der Waals surface area contributed by atoms with E-state index in [0.29, 0.717) is 16.7 Å². The van der Waals surface area contributed by atoms with Crippen LogP contribution in [0.15, 0.2) is 91.0 Å². The first-order chi connectivity index (χ1) is 43.2. The number of nitrogens with one attached hydrogen (secondary N) is 6. The lowest BCUT2D eigenvalue weighted by Gasteiger charge is -2.51. The van der Waals surface area contributed by atoms with E-state index >= 15 is 0 Å². The second-order valence-electron chi connectivity index (χ2n) is 28.2. The van der Waals surface area contributed by atoms with Crippen molar-refractivity contribution in [2.24, 2.45) is 0 Å². The summed E-state index contributed by atoms with van der Waals surface area (Å²) in [7, 11) is 0. The highest BCUT2D eigenvalue weighted by Gasteiger charge is 2.57. The maximum absolute atomic E-state index is 14.4. The molecule has 6 amide bonds. The molecule has 518 valence electrons. The number of benzene rings is 3. The second-order valence-corrected chi connectivity index (χ2v) is 28.2. The lowest BCUT2D eigenvalue weighted by atomic mass is 9.80. The largest absolute Gasteiger partial charge is 0.444 e. The molecule has 1 saturated carbocycles. The van der Waals surface area contributed by atoms with Crippen LogP contribution in [0.25, 0.3) is 0 Å². The van der Waals surface area contributed by atoms with Gasteiger partial charge in [-0.25, -0.2) is 24.0 Å². The van der Waals surface area contributed by atoms with Gasteiger partial charge in [0.25, 0.3) is 0 Å². The first-order valence-corrected chi connectivity index (χ1v) is 31.3. The zero-order valence-electron chi connectivity index (χ0n) is 55.8. The van der Waals surface area contributed by atoms with Crippen LogP contribution < -0.4 is 31.9 Å². The van der Waals surface area contributed by atoms with Crippen molar-refractivity contribution in [3.63, 3.8) is 0 Å². The van der Waals surface area contributed by atoms with Crippen LogP contribution in [0, 0.1) is 0 Å². The van der Waals surface area contributed by atoms with Crippen molar-refractivity contribution < 1.29 is 102 Å². The number of alkyl carbamates (subject to hydrolysis) is 5. The molecule has 0 radical (unpaired) electrons. The third-order valence-electron chi connectivity index (χ3n) is 14.5. The van der Waals surface area contributed by atoms with Crippen molar-refractivity contribution in [3.8, 4) is 0 Å². The van der Waals surface area contributed by atoms with Gasteiger partial charge >= 0.3 is 30.5 Å². The Kier molecular flexibility index (Phi) is 25.5. The van der Waals surface area contributed by atoms with Gasteiger partial charge in [0, 0.05) is 13.1 Å². The van der Waals surface area contributed by atoms with Gasteiger partial charge in [-0.2, -0.15) is 0 Å². The Balaban J connectivity index is 1.47. The molecule has 93 heavy (non-hydrogen) atoms. The number of carbonyl (C=O) groups excluding carboxylic acids is 6. The van der Waals surface area contributed by atoms with E-state index in [9.17, 15) is 54.3 Å². The molecule has 2 aliphatic heterocycles. The fourth-order valence-electron chi connectivity index (χ4n) is 10.7. The zero-order chi connectivity index (χ0) is 69.0. The Labute approximate surface area is 543 Å². The van der Waals surface area contributed by atoms with E-state index < -0.39 is 175 Å². The Morgan fingerprint density at radius 1 is 0.473 bits per heavy atom. The number of aliphatic hydroxyl groups excluding tert-OH is 5. The van der Waals surface area contributed by atoms with Crippen LogP contribution in [0.1, 0.15) is 140 Å². The predicted octanol–water partition coefficient (Wildman–Crippen LogP) is 5.42. The predicted molar refractivity (Wildman–Crippen MR) is 336 cm³/mol. The van der Waals surface area contributed by atoms with E-state index in [-0.39, 0.29) is 25.9 Å². The van der Waals surface area contributed by atoms with Crippen molar-refractivity contribution in [1.29, 1.82) is 0 Å². The molecule has 0 aromatic heterocycles. The third-order valence-corrected chi connectivity index (χ3v) is 14.5. The van der Waals surface area contributed by atoms with Crippen LogP contribution in [-0.4, -0.2) is 201 Å². The normalized spacial score (nSPS) is 26.6. The molecular formula is C66H98N6O21. The number of hydrogen-bond donors (Lipinski definition) is 11. The van der Waals surface area contributed by atoms with Gasteiger partial charge in [0.05, 0.1) is 43.0 Å². The molecule has 27 heteroatoms. The molecule has 0 spiro atoms. The average Bonchev–Trinajstić information content (AvgIpc) is 0.764. The quantitative estimate of drug-likeness (QED) is 0.0497. The molecule has 3 fully saturated rings. The van der Waals surface area contributed by atoms with E-state index in [1.54, 1.807) is 104 Å². The molecule has 11 N–H and O–H groups in total. The SMILES string of the molecule is CC(C)(C)OC(=O)NCC[C@H](O)C(=O)NC1[C@H](O[C@H]2OC(COC(c3ccccc3)(c3ccccc3)c3ccccc3)[C@H](O)C(NC(=O)OC(C)(C)C)[C@@H]2O)C(O)C(O[C@H]2OC(CNC(=O)OC(C)(C)C)CCC2NC(=O)OC(C)(C)C)[C@@H](NC(=O)OC(C)(C)C)[C@H]1O. The molecule has 3 aliphatic rings. The molecule has 2 heterocycles. The fourth-order valence-corrected chi connectivity index (χ4v) is 10.7. The van der Waals surface area contributed by atoms with E-state index in [1.807, 2.05) is 91.0 Å². The smallest absolute Gasteiger partial charge is 0.408 e. The monoisotopic (exact) mass is 1310 g/mol. The Morgan fingerprint density at radius 2 is 0.882 bits per heavy atom. The van der Waals surface area contributed by atoms with Gasteiger partial charge in [0.15, 0.2) is 12.6 Å². The zero-order valence-corrected chi connectivity index (χ0v) is 55.8. The molecule has 2 saturated heterocycles. The number of carbonyl (C=O) groups is 6. The number of hydrogen-bond acceptors (Lipinski definition) is 21. The standard InChI is InChI=1S/C66H98N6O21/c1-61(2,3)89-56(79)67-34-33-42(73)53(78)70-45-48(75)46(72-60(83)93-65(13,14)15)52(87-54-41(69-58(81)91-63(7,8)9)32-31-40(85-54)35-68-57(80)90-62(4,5)6)50(77)51(45)88-55-49(76)44(71-59(82)92-64(10,11)12)47(74)43(86-55)36-84-66(37-25-19-16-20-26-37,38-27-21-17-22-28-38)39-29-23-18-24-30-39/h16-30,40-52,54-55,73-77H,31-36H2,1-15H3,(H,67,79)(H,68,80)(H,69,81)(H,70,78)(H,71,82)(H,72,83)/t40?,41?,42-,43?,44?,45?,46-,47-,48-,49-,50?,51-,52?,54+,55+/m0/s1. The van der Waals surface area contributed by atoms with E-state index in [2.05, 4.69) is 31.9 Å². The highest BCUT2D eigenvalue weighted by molar-refractivity contribution is 5.81. The summed E-state index contributed by atoms with van der Waals surface area (Å²) in [5.41, 5.74) is -4.47. The first kappa shape index (κ1) is 75.1. The molecule has 15 atom stereocenters. The van der Waals surface area contributed by atoms with Crippen LogP contribution in [0.2, 0.25) is 0 Å². The van der Waals surface area contributed by atoms with Crippen LogP contribution in [-0.2, 0) is 57.8 Å². The van der Waals surface area contributed by atoms with Gasteiger partial charge in [-0.1, -0.05) is 91.0 Å². The number of ether oxygens (including phenoxy) is 10. The minimum Gasteiger partial charge on any atom is -0.444 e. The molecule has 7 unspecified atom stereocenters. The maximum Gasteiger partial charge on any atom is 0.408 e. The number of aliphatic hydroxyl groups is 5. The Hall–Kier alpha value is -6.92. The van der Waals surface area contributed by atoms with Gasteiger partial charge in [0.1, 0.15) is 76.3 Å². The van der Waals surface area contributed by atoms with Gasteiger partial charge in [-0.3, -0.25) is 4.79 Å². The number of amides is 6. The van der Waals surface area contributed by atoms with Gasteiger partial charge in [0.2, 0.25) is 5.91 Å². The van der Waals surface area contributed by atoms with Crippen LogP contribution in [0.4, 0.5) is 24.0 Å². The molecule has 3 aromatic carbocycles. The summed E-state index contributed by atoms with van der Waals surface area (Å²) >= 11 is 0. The van der Waals surface area contributed by atoms with Gasteiger partial charge in [-0.05, 0) is 140 Å².